The van der Waals surface area contributed by atoms with E-state index in [-0.39, 0.29) is 11.7 Å². The molecule has 4 heteroatoms. The Morgan fingerprint density at radius 1 is 1.38 bits per heavy atom. The lowest BCUT2D eigenvalue weighted by Gasteiger charge is -2.31. The number of hydrogen-bond donors (Lipinski definition) is 1. The molecule has 1 saturated carbocycles. The maximum atomic E-state index is 13.0. The van der Waals surface area contributed by atoms with Gasteiger partial charge in [-0.25, -0.2) is 0 Å². The predicted octanol–water partition coefficient (Wildman–Crippen LogP) is 3.63. The largest absolute Gasteiger partial charge is 0.323 e. The van der Waals surface area contributed by atoms with Crippen molar-refractivity contribution in [2.24, 2.45) is 5.92 Å². The smallest absolute Gasteiger partial charge is 0.244 e. The quantitative estimate of drug-likeness (QED) is 0.813. The van der Waals surface area contributed by atoms with Crippen LogP contribution >= 0.6 is 11.8 Å². The maximum Gasteiger partial charge on any atom is 0.244 e. The molecule has 0 aromatic carbocycles. The van der Waals surface area contributed by atoms with Gasteiger partial charge in [0.05, 0.1) is 11.7 Å². The first-order valence-corrected chi connectivity index (χ1v) is 9.68. The number of rotatable bonds is 6. The molecule has 1 aliphatic carbocycles. The summed E-state index contributed by atoms with van der Waals surface area (Å²) in [6.07, 6.45) is 5.79. The summed E-state index contributed by atoms with van der Waals surface area (Å²) >= 11 is 2.07. The summed E-state index contributed by atoms with van der Waals surface area (Å²) in [5.74, 6) is 2.13. The third-order valence-electron chi connectivity index (χ3n) is 5.08. The highest BCUT2D eigenvalue weighted by molar-refractivity contribution is 7.99. The fraction of sp³-hybridized carbons (Fsp3) is 0.941. The van der Waals surface area contributed by atoms with Crippen molar-refractivity contribution in [2.45, 2.75) is 89.7 Å². The van der Waals surface area contributed by atoms with Crippen LogP contribution in [0.4, 0.5) is 0 Å². The Kier molecular flexibility index (Phi) is 5.64. The van der Waals surface area contributed by atoms with Gasteiger partial charge in [0, 0.05) is 11.3 Å². The zero-order valence-electron chi connectivity index (χ0n) is 14.3. The van der Waals surface area contributed by atoms with E-state index in [1.165, 1.54) is 25.0 Å². The zero-order valence-corrected chi connectivity index (χ0v) is 15.1. The molecule has 3 nitrogen and oxygen atoms in total. The molecule has 1 heterocycles. The first-order chi connectivity index (χ1) is 9.91. The molecule has 1 amide bonds. The number of nitrogens with one attached hydrogen (secondary N) is 1. The van der Waals surface area contributed by atoms with E-state index >= 15 is 0 Å². The summed E-state index contributed by atoms with van der Waals surface area (Å²) in [5.41, 5.74) is -0.352. The van der Waals surface area contributed by atoms with Crippen LogP contribution in [0.1, 0.15) is 66.7 Å². The average Bonchev–Trinajstić information content (AvgIpc) is 2.95. The summed E-state index contributed by atoms with van der Waals surface area (Å²) in [6.45, 7) is 10.9. The van der Waals surface area contributed by atoms with Crippen molar-refractivity contribution in [2.75, 3.05) is 5.75 Å². The Morgan fingerprint density at radius 3 is 2.67 bits per heavy atom. The number of thioether (sulfide) groups is 1. The van der Waals surface area contributed by atoms with E-state index in [1.54, 1.807) is 0 Å². The lowest BCUT2D eigenvalue weighted by atomic mass is 9.99. The molecule has 2 rings (SSSR count). The van der Waals surface area contributed by atoms with Crippen LogP contribution in [0.3, 0.4) is 0 Å². The molecule has 4 unspecified atom stereocenters. The van der Waals surface area contributed by atoms with Crippen molar-refractivity contribution in [1.82, 2.24) is 10.2 Å². The highest BCUT2D eigenvalue weighted by Gasteiger charge is 2.50. The normalized spacial score (nSPS) is 37.0. The van der Waals surface area contributed by atoms with Crippen LogP contribution in [0.25, 0.3) is 0 Å². The molecule has 21 heavy (non-hydrogen) atoms. The molecular weight excluding hydrogens is 280 g/mol. The molecule has 2 fully saturated rings. The molecule has 4 atom stereocenters. The lowest BCUT2D eigenvalue weighted by molar-refractivity contribution is -0.135. The standard InChI is InChI=1S/C17H32N2OS/c1-6-17(5)16(20)19(15(18-17)10-12(3)4)13-8-9-14(11-13)21-7-2/h12-15,18H,6-11H2,1-5H3. The van der Waals surface area contributed by atoms with E-state index in [1.807, 2.05) is 0 Å². The Labute approximate surface area is 134 Å². The van der Waals surface area contributed by atoms with Gasteiger partial charge < -0.3 is 4.90 Å². The first-order valence-electron chi connectivity index (χ1n) is 8.63. The molecule has 1 aliphatic heterocycles. The van der Waals surface area contributed by atoms with Crippen LogP contribution in [0.2, 0.25) is 0 Å². The first kappa shape index (κ1) is 17.1. The van der Waals surface area contributed by atoms with Crippen LogP contribution in [0, 0.1) is 5.92 Å². The fourth-order valence-electron chi connectivity index (χ4n) is 3.78. The van der Waals surface area contributed by atoms with Crippen molar-refractivity contribution < 1.29 is 4.79 Å². The van der Waals surface area contributed by atoms with Crippen molar-refractivity contribution >= 4 is 17.7 Å². The lowest BCUT2D eigenvalue weighted by Crippen LogP contribution is -2.44. The number of hydrogen-bond acceptors (Lipinski definition) is 3. The molecule has 1 N–H and O–H groups in total. The van der Waals surface area contributed by atoms with E-state index in [0.29, 0.717) is 17.9 Å². The van der Waals surface area contributed by atoms with Gasteiger partial charge in [-0.1, -0.05) is 27.7 Å². The van der Waals surface area contributed by atoms with Gasteiger partial charge in [0.1, 0.15) is 0 Å². The number of carbonyl (C=O) groups excluding carboxylic acids is 1. The van der Waals surface area contributed by atoms with Gasteiger partial charge in [-0.15, -0.1) is 0 Å². The van der Waals surface area contributed by atoms with Gasteiger partial charge in [0.25, 0.3) is 0 Å². The van der Waals surface area contributed by atoms with Gasteiger partial charge >= 0.3 is 0 Å². The van der Waals surface area contributed by atoms with Crippen LogP contribution in [0.15, 0.2) is 0 Å². The van der Waals surface area contributed by atoms with Gasteiger partial charge in [-0.2, -0.15) is 11.8 Å². The average molecular weight is 313 g/mol. The molecular formula is C17H32N2OS. The molecule has 1 saturated heterocycles. The third-order valence-corrected chi connectivity index (χ3v) is 6.31. The highest BCUT2D eigenvalue weighted by atomic mass is 32.2. The van der Waals surface area contributed by atoms with E-state index in [0.717, 1.165) is 18.1 Å². The van der Waals surface area contributed by atoms with Gasteiger partial charge in [-0.05, 0) is 50.7 Å². The van der Waals surface area contributed by atoms with Gasteiger partial charge in [-0.3, -0.25) is 10.1 Å². The van der Waals surface area contributed by atoms with Gasteiger partial charge in [0.2, 0.25) is 5.91 Å². The number of amides is 1. The zero-order chi connectivity index (χ0) is 15.6. The minimum Gasteiger partial charge on any atom is -0.323 e. The van der Waals surface area contributed by atoms with E-state index in [2.05, 4.69) is 56.6 Å². The molecule has 0 aromatic heterocycles. The Hall–Kier alpha value is -0.220. The second-order valence-electron chi connectivity index (χ2n) is 7.23. The molecule has 0 bridgehead atoms. The Morgan fingerprint density at radius 2 is 2.10 bits per heavy atom. The van der Waals surface area contributed by atoms with Crippen LogP contribution in [0.5, 0.6) is 0 Å². The second kappa shape index (κ2) is 6.91. The summed E-state index contributed by atoms with van der Waals surface area (Å²) in [4.78, 5) is 15.2. The van der Waals surface area contributed by atoms with Crippen molar-refractivity contribution in [3.8, 4) is 0 Å². The second-order valence-corrected chi connectivity index (χ2v) is 8.81. The van der Waals surface area contributed by atoms with Crippen molar-refractivity contribution in [3.05, 3.63) is 0 Å². The van der Waals surface area contributed by atoms with E-state index in [4.69, 9.17) is 0 Å². The molecule has 0 aromatic rings. The van der Waals surface area contributed by atoms with Crippen LogP contribution in [-0.2, 0) is 4.79 Å². The van der Waals surface area contributed by atoms with E-state index in [9.17, 15) is 4.79 Å². The minimum absolute atomic E-state index is 0.234. The van der Waals surface area contributed by atoms with Crippen molar-refractivity contribution in [3.63, 3.8) is 0 Å². The Bertz CT molecular complexity index is 374. The van der Waals surface area contributed by atoms with Crippen molar-refractivity contribution in [1.29, 1.82) is 0 Å². The predicted molar refractivity (Wildman–Crippen MR) is 91.5 cm³/mol. The SMILES string of the molecule is CCSC1CCC(N2C(=O)C(C)(CC)NC2CC(C)C)C1. The highest BCUT2D eigenvalue weighted by Crippen LogP contribution is 2.37. The number of carbonyl (C=O) groups is 1. The molecule has 0 spiro atoms. The minimum atomic E-state index is -0.352. The topological polar surface area (TPSA) is 32.3 Å². The van der Waals surface area contributed by atoms with E-state index < -0.39 is 0 Å². The third kappa shape index (κ3) is 3.58. The maximum absolute atomic E-state index is 13.0. The van der Waals surface area contributed by atoms with Crippen LogP contribution < -0.4 is 5.32 Å². The molecule has 0 radical (unpaired) electrons. The summed E-state index contributed by atoms with van der Waals surface area (Å²) in [5, 5.41) is 4.39. The molecule has 122 valence electrons. The van der Waals surface area contributed by atoms with Crippen LogP contribution in [-0.4, -0.2) is 39.6 Å². The van der Waals surface area contributed by atoms with Gasteiger partial charge in [0.15, 0.2) is 0 Å². The summed E-state index contributed by atoms with van der Waals surface area (Å²) in [7, 11) is 0. The summed E-state index contributed by atoms with van der Waals surface area (Å²) in [6, 6.07) is 0.450. The fourth-order valence-corrected chi connectivity index (χ4v) is 4.91. The number of nitrogens with zero attached hydrogens (tertiary/aromatic N) is 1. The molecule has 2 aliphatic rings. The Balaban J connectivity index is 2.12. The monoisotopic (exact) mass is 312 g/mol. The summed E-state index contributed by atoms with van der Waals surface area (Å²) < 4.78 is 0.